The highest BCUT2D eigenvalue weighted by Gasteiger charge is 2.59. The lowest BCUT2D eigenvalue weighted by Crippen LogP contribution is -2.56. The van der Waals surface area contributed by atoms with Crippen molar-refractivity contribution in [3.8, 4) is 11.1 Å². The van der Waals surface area contributed by atoms with Crippen molar-refractivity contribution in [1.82, 2.24) is 0 Å². The zero-order valence-corrected chi connectivity index (χ0v) is 32.9. The molecule has 0 unspecified atom stereocenters. The maximum Gasteiger partial charge on any atom is 0.143 e. The minimum absolute atomic E-state index is 0.00428. The average Bonchev–Trinajstić information content (AvgIpc) is 3.59. The van der Waals surface area contributed by atoms with Crippen molar-refractivity contribution in [3.05, 3.63) is 174 Å². The van der Waals surface area contributed by atoms with Crippen LogP contribution in [0.25, 0.3) is 43.8 Å². The fourth-order valence-corrected chi connectivity index (χ4v) is 12.1. The smallest absolute Gasteiger partial charge is 0.143 e. The zero-order valence-electron chi connectivity index (χ0n) is 32.9. The van der Waals surface area contributed by atoms with Crippen LogP contribution < -0.4 is 4.90 Å². The van der Waals surface area contributed by atoms with Gasteiger partial charge in [0.05, 0.1) is 0 Å². The van der Waals surface area contributed by atoms with Crippen LogP contribution in [0.5, 0.6) is 0 Å². The Bertz CT molecular complexity index is 2790. The summed E-state index contributed by atoms with van der Waals surface area (Å²) in [6.07, 6.45) is 5.18. The Morgan fingerprint density at radius 2 is 1.11 bits per heavy atom. The van der Waals surface area contributed by atoms with Gasteiger partial charge in [0.2, 0.25) is 0 Å². The second kappa shape index (κ2) is 12.5. The third-order valence-electron chi connectivity index (χ3n) is 14.3. The first kappa shape index (κ1) is 33.7. The molecular formula is C54H49NO. The van der Waals surface area contributed by atoms with Crippen molar-refractivity contribution in [2.75, 3.05) is 4.90 Å². The molecule has 0 aliphatic heterocycles. The van der Waals surface area contributed by atoms with E-state index in [1.54, 1.807) is 11.1 Å². The molecule has 0 amide bonds. The molecule has 2 fully saturated rings. The third-order valence-corrected chi connectivity index (χ3v) is 14.3. The van der Waals surface area contributed by atoms with Gasteiger partial charge in [-0.05, 0) is 130 Å². The van der Waals surface area contributed by atoms with Crippen molar-refractivity contribution < 1.29 is 4.42 Å². The predicted octanol–water partition coefficient (Wildman–Crippen LogP) is 14.9. The van der Waals surface area contributed by atoms with Gasteiger partial charge in [0.25, 0.3) is 0 Å². The van der Waals surface area contributed by atoms with Crippen LogP contribution in [-0.4, -0.2) is 0 Å². The normalized spacial score (nSPS) is 23.6. The SMILES string of the molecule is CC1CC2CC(C)CC(C1)C21c2ccccc2C(C)(C)c2ccc(N(c3cccc(-c4cccc5c4oc4ccccc45)c3)c3ccc4ccccc4c3)cc21. The molecule has 2 saturated carbocycles. The Labute approximate surface area is 330 Å². The summed E-state index contributed by atoms with van der Waals surface area (Å²) in [5, 5.41) is 4.80. The van der Waals surface area contributed by atoms with E-state index in [1.807, 2.05) is 0 Å². The van der Waals surface area contributed by atoms with E-state index in [9.17, 15) is 0 Å². The molecule has 3 aliphatic rings. The number of hydrogen-bond acceptors (Lipinski definition) is 2. The van der Waals surface area contributed by atoms with Crippen LogP contribution in [0, 0.1) is 23.7 Å². The van der Waals surface area contributed by atoms with Crippen LogP contribution in [0.1, 0.15) is 75.6 Å². The highest BCUT2D eigenvalue weighted by molar-refractivity contribution is 6.09. The summed E-state index contributed by atoms with van der Waals surface area (Å²) in [6.45, 7) is 9.95. The molecule has 11 rings (SSSR count). The number of rotatable bonds is 4. The Morgan fingerprint density at radius 3 is 1.91 bits per heavy atom. The lowest BCUT2D eigenvalue weighted by atomic mass is 9.42. The Morgan fingerprint density at radius 1 is 0.500 bits per heavy atom. The first-order chi connectivity index (χ1) is 27.3. The molecular weight excluding hydrogens is 679 g/mol. The standard InChI is InChI=1S/C54H49NO/c1-34-27-39-29-35(2)30-40(28-34)54(39)49-21-9-8-20-47(49)53(3,4)48-26-25-43(33-50(48)54)55(42-24-23-36-13-5-6-14-37(36)31-42)41-16-11-15-38(32-41)44-18-12-19-46-45-17-7-10-22-51(45)56-52(44)46/h5-26,31-35,39-40H,27-30H2,1-4H3. The van der Waals surface area contributed by atoms with E-state index in [0.717, 1.165) is 50.6 Å². The van der Waals surface area contributed by atoms with Crippen molar-refractivity contribution in [2.45, 2.75) is 64.2 Å². The molecule has 276 valence electrons. The summed E-state index contributed by atoms with van der Waals surface area (Å²) < 4.78 is 6.57. The summed E-state index contributed by atoms with van der Waals surface area (Å²) in [5.41, 5.74) is 13.7. The minimum atomic E-state index is -0.0996. The lowest BCUT2D eigenvalue weighted by molar-refractivity contribution is 0.0233. The van der Waals surface area contributed by atoms with E-state index in [4.69, 9.17) is 4.42 Å². The van der Waals surface area contributed by atoms with Gasteiger partial charge in [-0.3, -0.25) is 0 Å². The molecule has 1 spiro atoms. The molecule has 1 aromatic heterocycles. The molecule has 2 bridgehead atoms. The summed E-state index contributed by atoms with van der Waals surface area (Å²) in [4.78, 5) is 2.51. The van der Waals surface area contributed by atoms with E-state index < -0.39 is 0 Å². The van der Waals surface area contributed by atoms with Gasteiger partial charge in [-0.1, -0.05) is 137 Å². The molecule has 2 heteroatoms. The molecule has 3 aliphatic carbocycles. The largest absolute Gasteiger partial charge is 0.455 e. The monoisotopic (exact) mass is 727 g/mol. The zero-order chi connectivity index (χ0) is 37.8. The topological polar surface area (TPSA) is 16.4 Å². The van der Waals surface area contributed by atoms with Gasteiger partial charge < -0.3 is 9.32 Å². The Balaban J connectivity index is 1.15. The molecule has 0 saturated heterocycles. The quantitative estimate of drug-likeness (QED) is 0.179. The maximum absolute atomic E-state index is 6.57. The van der Waals surface area contributed by atoms with Crippen LogP contribution in [0.3, 0.4) is 0 Å². The summed E-state index contributed by atoms with van der Waals surface area (Å²) in [6, 6.07) is 56.8. The van der Waals surface area contributed by atoms with Gasteiger partial charge in [0.15, 0.2) is 0 Å². The number of para-hydroxylation sites is 2. The van der Waals surface area contributed by atoms with Crippen LogP contribution in [0.2, 0.25) is 0 Å². The van der Waals surface area contributed by atoms with Gasteiger partial charge in [-0.15, -0.1) is 0 Å². The van der Waals surface area contributed by atoms with Gasteiger partial charge in [-0.25, -0.2) is 0 Å². The lowest BCUT2D eigenvalue weighted by Gasteiger charge is -2.61. The van der Waals surface area contributed by atoms with Crippen LogP contribution in [0.15, 0.2) is 156 Å². The van der Waals surface area contributed by atoms with E-state index in [1.165, 1.54) is 59.0 Å². The minimum Gasteiger partial charge on any atom is -0.455 e. The van der Waals surface area contributed by atoms with Gasteiger partial charge >= 0.3 is 0 Å². The highest BCUT2D eigenvalue weighted by Crippen LogP contribution is 2.65. The maximum atomic E-state index is 6.57. The predicted molar refractivity (Wildman–Crippen MR) is 234 cm³/mol. The third kappa shape index (κ3) is 4.87. The van der Waals surface area contributed by atoms with Crippen molar-refractivity contribution in [1.29, 1.82) is 0 Å². The van der Waals surface area contributed by atoms with E-state index in [2.05, 4.69) is 184 Å². The summed E-state index contributed by atoms with van der Waals surface area (Å²) >= 11 is 0. The second-order valence-electron chi connectivity index (χ2n) is 18.0. The molecule has 1 heterocycles. The van der Waals surface area contributed by atoms with E-state index in [-0.39, 0.29) is 10.8 Å². The number of furan rings is 1. The number of anilines is 3. The summed E-state index contributed by atoms with van der Waals surface area (Å²) in [7, 11) is 0. The van der Waals surface area contributed by atoms with E-state index >= 15 is 0 Å². The molecule has 0 atom stereocenters. The Hall–Kier alpha value is -5.60. The number of benzene rings is 7. The number of nitrogens with zero attached hydrogens (tertiary/aromatic N) is 1. The number of fused-ring (bicyclic) bond motifs is 6. The first-order valence-electron chi connectivity index (χ1n) is 20.9. The van der Waals surface area contributed by atoms with Gasteiger partial charge in [0.1, 0.15) is 11.2 Å². The van der Waals surface area contributed by atoms with Crippen molar-refractivity contribution in [2.24, 2.45) is 23.7 Å². The number of hydrogen-bond donors (Lipinski definition) is 0. The second-order valence-corrected chi connectivity index (χ2v) is 18.0. The summed E-state index contributed by atoms with van der Waals surface area (Å²) in [5.74, 6) is 2.75. The van der Waals surface area contributed by atoms with Crippen molar-refractivity contribution in [3.63, 3.8) is 0 Å². The molecule has 8 aromatic rings. The highest BCUT2D eigenvalue weighted by atomic mass is 16.3. The van der Waals surface area contributed by atoms with Gasteiger partial charge in [-0.2, -0.15) is 0 Å². The van der Waals surface area contributed by atoms with E-state index in [0.29, 0.717) is 11.8 Å². The molecule has 2 nitrogen and oxygen atoms in total. The average molecular weight is 728 g/mol. The van der Waals surface area contributed by atoms with Crippen LogP contribution in [-0.2, 0) is 10.8 Å². The molecule has 0 radical (unpaired) electrons. The molecule has 7 aromatic carbocycles. The first-order valence-corrected chi connectivity index (χ1v) is 20.9. The molecule has 0 N–H and O–H groups in total. The van der Waals surface area contributed by atoms with Crippen LogP contribution in [0.4, 0.5) is 17.1 Å². The fraction of sp³-hybridized carbons (Fsp3) is 0.259. The van der Waals surface area contributed by atoms with Gasteiger partial charge in [0, 0.05) is 44.2 Å². The van der Waals surface area contributed by atoms with Crippen molar-refractivity contribution >= 4 is 49.8 Å². The van der Waals surface area contributed by atoms with Crippen LogP contribution >= 0.6 is 0 Å². The Kier molecular flexibility index (Phi) is 7.50. The fourth-order valence-electron chi connectivity index (χ4n) is 12.1. The molecule has 56 heavy (non-hydrogen) atoms.